The van der Waals surface area contributed by atoms with Crippen molar-refractivity contribution in [2.24, 2.45) is 0 Å². The van der Waals surface area contributed by atoms with Crippen molar-refractivity contribution < 1.29 is 32.6 Å². The zero-order valence-corrected chi connectivity index (χ0v) is 23.3. The van der Waals surface area contributed by atoms with E-state index in [-0.39, 0.29) is 43.4 Å². The van der Waals surface area contributed by atoms with Gasteiger partial charge in [-0.3, -0.25) is 10.0 Å². The lowest BCUT2D eigenvalue weighted by molar-refractivity contribution is -0.134. The SMILES string of the molecule is COc1ccc2c(c1)CCCN2CCCCCOc1ccc(S(=O)(=O)C2(C(=O)NO)CCOCC2)cc1.Cl. The van der Waals surface area contributed by atoms with E-state index in [1.54, 1.807) is 19.2 Å². The van der Waals surface area contributed by atoms with Crippen molar-refractivity contribution in [2.75, 3.05) is 44.9 Å². The van der Waals surface area contributed by atoms with Gasteiger partial charge in [-0.05, 0) is 93.0 Å². The van der Waals surface area contributed by atoms with Gasteiger partial charge in [-0.1, -0.05) is 0 Å². The summed E-state index contributed by atoms with van der Waals surface area (Å²) >= 11 is 0. The number of benzene rings is 2. The average Bonchev–Trinajstić information content (AvgIpc) is 2.94. The number of hydrogen-bond donors (Lipinski definition) is 2. The molecule has 38 heavy (non-hydrogen) atoms. The molecule has 2 aromatic carbocycles. The molecule has 9 nitrogen and oxygen atoms in total. The number of amides is 1. The number of hydroxylamine groups is 1. The number of ether oxygens (including phenoxy) is 3. The third-order valence-electron chi connectivity index (χ3n) is 7.31. The van der Waals surface area contributed by atoms with Gasteiger partial charge in [-0.2, -0.15) is 0 Å². The van der Waals surface area contributed by atoms with Crippen LogP contribution < -0.4 is 19.9 Å². The highest BCUT2D eigenvalue weighted by Crippen LogP contribution is 2.36. The van der Waals surface area contributed by atoms with Gasteiger partial charge in [-0.15, -0.1) is 12.4 Å². The summed E-state index contributed by atoms with van der Waals surface area (Å²) in [6.45, 7) is 2.87. The van der Waals surface area contributed by atoms with Crippen LogP contribution in [-0.4, -0.2) is 64.3 Å². The summed E-state index contributed by atoms with van der Waals surface area (Å²) in [6.07, 6.45) is 5.17. The van der Waals surface area contributed by atoms with E-state index < -0.39 is 20.5 Å². The van der Waals surface area contributed by atoms with Gasteiger partial charge >= 0.3 is 0 Å². The van der Waals surface area contributed by atoms with Gasteiger partial charge in [0.05, 0.1) is 18.6 Å². The second-order valence-corrected chi connectivity index (χ2v) is 11.8. The van der Waals surface area contributed by atoms with E-state index in [0.29, 0.717) is 12.4 Å². The van der Waals surface area contributed by atoms with Crippen LogP contribution >= 0.6 is 12.4 Å². The van der Waals surface area contributed by atoms with Crippen LogP contribution in [0.2, 0.25) is 0 Å². The summed E-state index contributed by atoms with van der Waals surface area (Å²) in [7, 11) is -2.34. The van der Waals surface area contributed by atoms with Crippen LogP contribution in [0.25, 0.3) is 0 Å². The number of nitrogens with one attached hydrogen (secondary N) is 1. The number of nitrogens with zero attached hydrogens (tertiary/aromatic N) is 1. The zero-order chi connectivity index (χ0) is 26.3. The van der Waals surface area contributed by atoms with Gasteiger partial charge in [0.1, 0.15) is 11.5 Å². The Morgan fingerprint density at radius 3 is 2.47 bits per heavy atom. The van der Waals surface area contributed by atoms with Crippen LogP contribution in [-0.2, 0) is 25.8 Å². The van der Waals surface area contributed by atoms with Gasteiger partial charge in [-0.25, -0.2) is 13.9 Å². The fourth-order valence-corrected chi connectivity index (χ4v) is 7.08. The summed E-state index contributed by atoms with van der Waals surface area (Å²) in [5.74, 6) is 0.552. The van der Waals surface area contributed by atoms with E-state index in [0.717, 1.165) is 50.9 Å². The molecule has 0 spiro atoms. The number of methoxy groups -OCH3 is 1. The number of aryl methyl sites for hydroxylation is 1. The zero-order valence-electron chi connectivity index (χ0n) is 21.7. The number of sulfone groups is 1. The topological polar surface area (TPSA) is 114 Å². The lowest BCUT2D eigenvalue weighted by Gasteiger charge is -2.34. The highest BCUT2D eigenvalue weighted by Gasteiger charge is 2.52. The predicted octanol–water partition coefficient (Wildman–Crippen LogP) is 3.95. The molecule has 0 atom stereocenters. The Kier molecular flexibility index (Phi) is 10.7. The van der Waals surface area contributed by atoms with Crippen LogP contribution in [0.4, 0.5) is 5.69 Å². The molecule has 4 rings (SSSR count). The van der Waals surface area contributed by atoms with Crippen molar-refractivity contribution in [1.82, 2.24) is 5.48 Å². The fourth-order valence-electron chi connectivity index (χ4n) is 5.14. The summed E-state index contributed by atoms with van der Waals surface area (Å²) in [4.78, 5) is 14.8. The molecule has 2 aliphatic heterocycles. The molecule has 2 aromatic rings. The van der Waals surface area contributed by atoms with Crippen molar-refractivity contribution in [2.45, 2.75) is 54.6 Å². The molecule has 0 aromatic heterocycles. The average molecular weight is 569 g/mol. The highest BCUT2D eigenvalue weighted by atomic mass is 35.5. The number of unbranched alkanes of at least 4 members (excludes halogenated alkanes) is 2. The van der Waals surface area contributed by atoms with Crippen molar-refractivity contribution in [3.05, 3.63) is 48.0 Å². The molecule has 0 unspecified atom stereocenters. The van der Waals surface area contributed by atoms with E-state index in [2.05, 4.69) is 17.0 Å². The Hall–Kier alpha value is -2.53. The number of carbonyl (C=O) groups excluding carboxylic acids is 1. The molecular formula is C27H37ClN2O7S. The lowest BCUT2D eigenvalue weighted by atomic mass is 9.98. The number of rotatable bonds is 11. The van der Waals surface area contributed by atoms with Crippen LogP contribution in [0, 0.1) is 0 Å². The Bertz CT molecular complexity index is 1170. The predicted molar refractivity (Wildman–Crippen MR) is 146 cm³/mol. The summed E-state index contributed by atoms with van der Waals surface area (Å²) in [5.41, 5.74) is 4.18. The van der Waals surface area contributed by atoms with E-state index in [1.165, 1.54) is 28.9 Å². The minimum atomic E-state index is -4.04. The summed E-state index contributed by atoms with van der Waals surface area (Å²) in [6, 6.07) is 12.4. The first-order chi connectivity index (χ1) is 17.9. The van der Waals surface area contributed by atoms with Crippen molar-refractivity contribution in [1.29, 1.82) is 0 Å². The molecule has 2 N–H and O–H groups in total. The third-order valence-corrected chi connectivity index (χ3v) is 9.82. The number of carbonyl (C=O) groups is 1. The molecule has 2 aliphatic rings. The molecule has 2 heterocycles. The molecule has 1 fully saturated rings. The number of halogens is 1. The first-order valence-corrected chi connectivity index (χ1v) is 14.3. The normalized spacial score (nSPS) is 16.6. The van der Waals surface area contributed by atoms with E-state index in [4.69, 9.17) is 14.2 Å². The van der Waals surface area contributed by atoms with E-state index in [1.807, 2.05) is 6.07 Å². The molecule has 0 bridgehead atoms. The lowest BCUT2D eigenvalue weighted by Crippen LogP contribution is -2.54. The quantitative estimate of drug-likeness (QED) is 0.238. The molecule has 1 saturated heterocycles. The standard InChI is InChI=1S/C27H36N2O7S.ClH/c1-34-23-9-12-25-21(20-23)6-5-16-29(25)15-3-2-4-17-36-22-7-10-24(11-8-22)37(32,33)27(26(30)28-31)13-18-35-19-14-27;/h7-12,20,31H,2-6,13-19H2,1H3,(H,28,30);1H. The molecule has 210 valence electrons. The smallest absolute Gasteiger partial charge is 0.265 e. The molecule has 11 heteroatoms. The van der Waals surface area contributed by atoms with Crippen LogP contribution in [0.5, 0.6) is 11.5 Å². The maximum absolute atomic E-state index is 13.3. The maximum Gasteiger partial charge on any atom is 0.265 e. The first-order valence-electron chi connectivity index (χ1n) is 12.8. The summed E-state index contributed by atoms with van der Waals surface area (Å²) < 4.78 is 41.3. The van der Waals surface area contributed by atoms with Gasteiger partial charge in [0.2, 0.25) is 0 Å². The Labute approximate surface area is 230 Å². The second kappa shape index (κ2) is 13.5. The summed E-state index contributed by atoms with van der Waals surface area (Å²) in [5, 5.41) is 9.17. The van der Waals surface area contributed by atoms with E-state index >= 15 is 0 Å². The molecule has 0 saturated carbocycles. The Morgan fingerprint density at radius 1 is 1.08 bits per heavy atom. The van der Waals surface area contributed by atoms with Crippen molar-refractivity contribution in [3.63, 3.8) is 0 Å². The van der Waals surface area contributed by atoms with Crippen LogP contribution in [0.15, 0.2) is 47.4 Å². The van der Waals surface area contributed by atoms with Gasteiger partial charge in [0.25, 0.3) is 5.91 Å². The molecular weight excluding hydrogens is 532 g/mol. The van der Waals surface area contributed by atoms with Crippen LogP contribution in [0.3, 0.4) is 0 Å². The molecule has 0 radical (unpaired) electrons. The maximum atomic E-state index is 13.3. The molecule has 0 aliphatic carbocycles. The van der Waals surface area contributed by atoms with Crippen molar-refractivity contribution >= 4 is 33.8 Å². The Balaban J connectivity index is 0.00000400. The van der Waals surface area contributed by atoms with Crippen molar-refractivity contribution in [3.8, 4) is 11.5 Å². The van der Waals surface area contributed by atoms with Crippen LogP contribution in [0.1, 0.15) is 44.1 Å². The fraction of sp³-hybridized carbons (Fsp3) is 0.519. The highest BCUT2D eigenvalue weighted by molar-refractivity contribution is 7.93. The largest absolute Gasteiger partial charge is 0.497 e. The molecule has 1 amide bonds. The minimum absolute atomic E-state index is 0. The van der Waals surface area contributed by atoms with Gasteiger partial charge in [0, 0.05) is 32.0 Å². The minimum Gasteiger partial charge on any atom is -0.497 e. The number of hydrogen-bond acceptors (Lipinski definition) is 8. The van der Waals surface area contributed by atoms with E-state index in [9.17, 15) is 18.4 Å². The number of anilines is 1. The second-order valence-electron chi connectivity index (χ2n) is 9.52. The third kappa shape index (κ3) is 6.36. The Morgan fingerprint density at radius 2 is 1.79 bits per heavy atom. The van der Waals surface area contributed by atoms with Gasteiger partial charge in [0.15, 0.2) is 14.6 Å². The number of fused-ring (bicyclic) bond motifs is 1. The van der Waals surface area contributed by atoms with Gasteiger partial charge < -0.3 is 19.1 Å². The first kappa shape index (κ1) is 30.0. The monoisotopic (exact) mass is 568 g/mol.